The van der Waals surface area contributed by atoms with Gasteiger partial charge in [-0.15, -0.1) is 0 Å². The number of nitrogens with zero attached hydrogens (tertiary/aromatic N) is 2. The number of anilines is 1. The topological polar surface area (TPSA) is 90.0 Å². The average molecular weight is 426 g/mol. The summed E-state index contributed by atoms with van der Waals surface area (Å²) in [5.41, 5.74) is 0.484. The highest BCUT2D eigenvalue weighted by Gasteiger charge is 2.36. The summed E-state index contributed by atoms with van der Waals surface area (Å²) in [5.74, 6) is -0.00688. The number of benzene rings is 1. The summed E-state index contributed by atoms with van der Waals surface area (Å²) >= 11 is 0. The summed E-state index contributed by atoms with van der Waals surface area (Å²) in [6.45, 7) is 12.1. The van der Waals surface area contributed by atoms with Gasteiger partial charge in [0, 0.05) is 25.3 Å². The molecule has 164 valence electrons. The van der Waals surface area contributed by atoms with Gasteiger partial charge >= 0.3 is 0 Å². The third-order valence-electron chi connectivity index (χ3n) is 5.61. The van der Waals surface area contributed by atoms with E-state index >= 15 is 0 Å². The molecule has 0 saturated carbocycles. The Balaban J connectivity index is 2.00. The van der Waals surface area contributed by atoms with Gasteiger partial charge in [-0.2, -0.15) is 4.31 Å². The van der Waals surface area contributed by atoms with Crippen molar-refractivity contribution in [1.29, 1.82) is 0 Å². The number of piperidine rings is 1. The van der Waals surface area contributed by atoms with Crippen molar-refractivity contribution in [2.24, 2.45) is 11.3 Å². The van der Waals surface area contributed by atoms with E-state index in [0.717, 1.165) is 13.0 Å². The van der Waals surface area contributed by atoms with Crippen LogP contribution >= 0.6 is 0 Å². The third kappa shape index (κ3) is 6.01. The number of nitrogens with one attached hydrogen (secondary N) is 1. The smallest absolute Gasteiger partial charge is 0.243 e. The summed E-state index contributed by atoms with van der Waals surface area (Å²) in [4.78, 5) is 14.6. The van der Waals surface area contributed by atoms with E-state index in [2.05, 4.69) is 26.1 Å². The number of sulfonamides is 1. The van der Waals surface area contributed by atoms with Crippen molar-refractivity contribution in [1.82, 2.24) is 9.21 Å². The maximum absolute atomic E-state index is 12.7. The van der Waals surface area contributed by atoms with Crippen molar-refractivity contribution in [2.75, 3.05) is 38.0 Å². The fraction of sp³-hybridized carbons (Fsp3) is 0.667. The highest BCUT2D eigenvalue weighted by Crippen LogP contribution is 2.34. The minimum atomic E-state index is -3.58. The lowest BCUT2D eigenvalue weighted by Crippen LogP contribution is -2.49. The van der Waals surface area contributed by atoms with Gasteiger partial charge in [0.1, 0.15) is 0 Å². The zero-order chi connectivity index (χ0) is 21.8. The molecule has 1 aliphatic heterocycles. The van der Waals surface area contributed by atoms with Crippen LogP contribution in [0.4, 0.5) is 5.69 Å². The largest absolute Gasteiger partial charge is 0.391 e. The van der Waals surface area contributed by atoms with Crippen molar-refractivity contribution in [3.8, 4) is 0 Å². The van der Waals surface area contributed by atoms with Crippen LogP contribution in [0.15, 0.2) is 29.2 Å². The fourth-order valence-electron chi connectivity index (χ4n) is 4.00. The van der Waals surface area contributed by atoms with Gasteiger partial charge in [-0.3, -0.25) is 9.69 Å². The zero-order valence-corrected chi connectivity index (χ0v) is 19.0. The Hall–Kier alpha value is -1.48. The first-order valence-corrected chi connectivity index (χ1v) is 11.7. The Kier molecular flexibility index (Phi) is 7.84. The molecule has 0 bridgehead atoms. The lowest BCUT2D eigenvalue weighted by molar-refractivity contribution is -0.118. The van der Waals surface area contributed by atoms with Crippen LogP contribution in [0.1, 0.15) is 41.0 Å². The van der Waals surface area contributed by atoms with Crippen LogP contribution in [0, 0.1) is 11.3 Å². The molecule has 2 atom stereocenters. The summed E-state index contributed by atoms with van der Waals surface area (Å²) in [6.07, 6.45) is 0.384. The lowest BCUT2D eigenvalue weighted by atomic mass is 9.74. The van der Waals surface area contributed by atoms with E-state index < -0.39 is 16.1 Å². The van der Waals surface area contributed by atoms with Gasteiger partial charge in [-0.25, -0.2) is 8.42 Å². The number of β-amino-alcohol motifs (C(OH)–C–C–N with tert-alkyl or cyclic N) is 1. The number of rotatable bonds is 7. The molecule has 1 aromatic rings. The molecular formula is C21H35N3O4S. The highest BCUT2D eigenvalue weighted by atomic mass is 32.2. The van der Waals surface area contributed by atoms with Crippen molar-refractivity contribution in [3.63, 3.8) is 0 Å². The predicted molar refractivity (Wildman–Crippen MR) is 115 cm³/mol. The molecule has 1 heterocycles. The standard InChI is InChI=1S/C21H35N3O4S/c1-6-24(7-2)29(27,28)17-10-8-9-16(13-17)22-20(26)15-23-12-11-18(19(25)14-23)21(3,4)5/h8-10,13,18-19,25H,6-7,11-12,14-15H2,1-5H3,(H,22,26)/t18-,19-/m0/s1. The van der Waals surface area contributed by atoms with Crippen molar-refractivity contribution in [2.45, 2.75) is 52.0 Å². The number of carbonyl (C=O) groups excluding carboxylic acids is 1. The number of aliphatic hydroxyl groups is 1. The molecule has 1 fully saturated rings. The van der Waals surface area contributed by atoms with Gasteiger partial charge in [0.15, 0.2) is 0 Å². The molecule has 0 unspecified atom stereocenters. The minimum Gasteiger partial charge on any atom is -0.391 e. The molecule has 29 heavy (non-hydrogen) atoms. The maximum Gasteiger partial charge on any atom is 0.243 e. The van der Waals surface area contributed by atoms with E-state index in [1.54, 1.807) is 26.0 Å². The summed E-state index contributed by atoms with van der Waals surface area (Å²) in [5, 5.41) is 13.2. The Morgan fingerprint density at radius 2 is 1.93 bits per heavy atom. The van der Waals surface area contributed by atoms with Crippen LogP contribution in [0.25, 0.3) is 0 Å². The first-order valence-electron chi connectivity index (χ1n) is 10.3. The summed E-state index contributed by atoms with van der Waals surface area (Å²) in [7, 11) is -3.58. The molecule has 7 nitrogen and oxygen atoms in total. The zero-order valence-electron chi connectivity index (χ0n) is 18.2. The van der Waals surface area contributed by atoms with Crippen molar-refractivity contribution < 1.29 is 18.3 Å². The van der Waals surface area contributed by atoms with Crippen LogP contribution in [0.5, 0.6) is 0 Å². The molecule has 8 heteroatoms. The van der Waals surface area contributed by atoms with Crippen LogP contribution in [0.2, 0.25) is 0 Å². The van der Waals surface area contributed by atoms with Crippen LogP contribution in [-0.2, 0) is 14.8 Å². The van der Waals surface area contributed by atoms with Gasteiger partial charge in [-0.1, -0.05) is 40.7 Å². The summed E-state index contributed by atoms with van der Waals surface area (Å²) < 4.78 is 26.7. The van der Waals surface area contributed by atoms with E-state index in [1.165, 1.54) is 16.4 Å². The second-order valence-corrected chi connectivity index (χ2v) is 10.7. The molecule has 1 aromatic carbocycles. The fourth-order valence-corrected chi connectivity index (χ4v) is 5.51. The Morgan fingerprint density at radius 3 is 2.48 bits per heavy atom. The monoisotopic (exact) mass is 425 g/mol. The van der Waals surface area contributed by atoms with E-state index in [-0.39, 0.29) is 28.7 Å². The van der Waals surface area contributed by atoms with E-state index in [9.17, 15) is 18.3 Å². The SMILES string of the molecule is CCN(CC)S(=O)(=O)c1cccc(NC(=O)CN2CC[C@H](C(C)(C)C)[C@@H](O)C2)c1. The first kappa shape index (κ1) is 23.8. The van der Waals surface area contributed by atoms with Gasteiger partial charge in [0.2, 0.25) is 15.9 Å². The Labute approximate surface area is 175 Å². The third-order valence-corrected chi connectivity index (χ3v) is 7.65. The van der Waals surface area contributed by atoms with E-state index in [0.29, 0.717) is 25.3 Å². The van der Waals surface area contributed by atoms with Gasteiger partial charge < -0.3 is 10.4 Å². The first-order chi connectivity index (χ1) is 13.5. The summed E-state index contributed by atoms with van der Waals surface area (Å²) in [6, 6.07) is 6.34. The molecule has 0 aromatic heterocycles. The molecule has 0 radical (unpaired) electrons. The van der Waals surface area contributed by atoms with E-state index in [1.807, 2.05) is 4.90 Å². The van der Waals surface area contributed by atoms with E-state index in [4.69, 9.17) is 0 Å². The lowest BCUT2D eigenvalue weighted by Gasteiger charge is -2.42. The van der Waals surface area contributed by atoms with Gasteiger partial charge in [0.05, 0.1) is 17.5 Å². The minimum absolute atomic E-state index is 0.0323. The molecule has 2 rings (SSSR count). The maximum atomic E-state index is 12.7. The highest BCUT2D eigenvalue weighted by molar-refractivity contribution is 7.89. The molecular weight excluding hydrogens is 390 g/mol. The number of aliphatic hydroxyl groups excluding tert-OH is 1. The molecule has 1 saturated heterocycles. The number of carbonyl (C=O) groups is 1. The van der Waals surface area contributed by atoms with Crippen LogP contribution in [-0.4, -0.2) is 67.5 Å². The van der Waals surface area contributed by atoms with Crippen LogP contribution < -0.4 is 5.32 Å². The van der Waals surface area contributed by atoms with Gasteiger partial charge in [-0.05, 0) is 42.5 Å². The molecule has 0 aliphatic carbocycles. The quantitative estimate of drug-likeness (QED) is 0.700. The molecule has 2 N–H and O–H groups in total. The normalized spacial score (nSPS) is 21.3. The second kappa shape index (κ2) is 9.55. The Morgan fingerprint density at radius 1 is 1.28 bits per heavy atom. The van der Waals surface area contributed by atoms with Crippen molar-refractivity contribution >= 4 is 21.6 Å². The molecule has 1 amide bonds. The second-order valence-electron chi connectivity index (χ2n) is 8.73. The van der Waals surface area contributed by atoms with Gasteiger partial charge in [0.25, 0.3) is 0 Å². The average Bonchev–Trinajstić information content (AvgIpc) is 2.61. The number of hydrogen-bond donors (Lipinski definition) is 2. The molecule has 1 aliphatic rings. The van der Waals surface area contributed by atoms with Crippen LogP contribution in [0.3, 0.4) is 0 Å². The Bertz CT molecular complexity index is 800. The predicted octanol–water partition coefficient (Wildman–Crippen LogP) is 2.38. The number of hydrogen-bond acceptors (Lipinski definition) is 5. The number of likely N-dealkylation sites (tertiary alicyclic amines) is 1. The number of amides is 1. The van der Waals surface area contributed by atoms with Crippen molar-refractivity contribution in [3.05, 3.63) is 24.3 Å². The molecule has 0 spiro atoms.